The van der Waals surface area contributed by atoms with Crippen molar-refractivity contribution in [2.45, 2.75) is 0 Å². The normalized spacial score (nSPS) is 10.3. The van der Waals surface area contributed by atoms with Crippen LogP contribution in [-0.2, 0) is 0 Å². The van der Waals surface area contributed by atoms with Gasteiger partial charge in [0.15, 0.2) is 11.6 Å². The molecule has 0 bridgehead atoms. The van der Waals surface area contributed by atoms with E-state index in [-0.39, 0.29) is 11.6 Å². The van der Waals surface area contributed by atoms with Crippen LogP contribution in [0.15, 0.2) is 22.7 Å². The van der Waals surface area contributed by atoms with Crippen LogP contribution in [0.5, 0.6) is 11.5 Å². The summed E-state index contributed by atoms with van der Waals surface area (Å²) in [5.74, 6) is 0.0902. The number of nitrogen functional groups attached to an aromatic ring is 1. The maximum absolute atomic E-state index is 13.6. The molecule has 1 heterocycles. The molecule has 17 heavy (non-hydrogen) atoms. The van der Waals surface area contributed by atoms with Gasteiger partial charge in [0.1, 0.15) is 11.4 Å². The lowest BCUT2D eigenvalue weighted by Gasteiger charge is -2.11. The molecule has 0 saturated carbocycles. The van der Waals surface area contributed by atoms with E-state index >= 15 is 0 Å². The number of ether oxygens (including phenoxy) is 2. The van der Waals surface area contributed by atoms with E-state index < -0.39 is 5.82 Å². The van der Waals surface area contributed by atoms with Crippen molar-refractivity contribution in [3.05, 3.63) is 24.0 Å². The molecule has 1 aromatic heterocycles. The van der Waals surface area contributed by atoms with Gasteiger partial charge in [-0.3, -0.25) is 0 Å². The van der Waals surface area contributed by atoms with E-state index in [2.05, 4.69) is 5.16 Å². The zero-order chi connectivity index (χ0) is 12.4. The molecule has 90 valence electrons. The minimum atomic E-state index is -0.509. The van der Waals surface area contributed by atoms with Crippen LogP contribution >= 0.6 is 0 Å². The number of benzene rings is 1. The molecule has 1 aromatic carbocycles. The molecule has 2 N–H and O–H groups in total. The Bertz CT molecular complexity index is 540. The van der Waals surface area contributed by atoms with Gasteiger partial charge in [0.25, 0.3) is 0 Å². The third kappa shape index (κ3) is 1.89. The summed E-state index contributed by atoms with van der Waals surface area (Å²) in [6.45, 7) is 0. The molecule has 0 aliphatic rings. The van der Waals surface area contributed by atoms with E-state index in [1.807, 2.05) is 0 Å². The van der Waals surface area contributed by atoms with E-state index in [1.165, 1.54) is 32.4 Å². The van der Waals surface area contributed by atoms with Crippen LogP contribution in [0, 0.1) is 5.82 Å². The van der Waals surface area contributed by atoms with Gasteiger partial charge in [0.05, 0.1) is 19.8 Å². The second-order valence-electron chi connectivity index (χ2n) is 3.27. The van der Waals surface area contributed by atoms with Crippen molar-refractivity contribution in [2.24, 2.45) is 0 Å². The predicted molar refractivity (Wildman–Crippen MR) is 59.4 cm³/mol. The maximum Gasteiger partial charge on any atom is 0.222 e. The Morgan fingerprint density at radius 3 is 2.59 bits per heavy atom. The third-order valence-electron chi connectivity index (χ3n) is 2.28. The molecular weight excluding hydrogens is 227 g/mol. The highest BCUT2D eigenvalue weighted by atomic mass is 19.1. The summed E-state index contributed by atoms with van der Waals surface area (Å²) >= 11 is 0. The van der Waals surface area contributed by atoms with Crippen molar-refractivity contribution >= 4 is 5.88 Å². The topological polar surface area (TPSA) is 70.5 Å². The van der Waals surface area contributed by atoms with Crippen LogP contribution in [0.25, 0.3) is 11.3 Å². The molecule has 0 saturated heterocycles. The Labute approximate surface area is 96.9 Å². The molecule has 0 spiro atoms. The minimum absolute atomic E-state index is 0.0395. The summed E-state index contributed by atoms with van der Waals surface area (Å²) in [5, 5.41) is 3.72. The second kappa shape index (κ2) is 4.32. The van der Waals surface area contributed by atoms with Crippen LogP contribution in [0.4, 0.5) is 10.3 Å². The Morgan fingerprint density at radius 2 is 2.06 bits per heavy atom. The van der Waals surface area contributed by atoms with Crippen LogP contribution in [0.2, 0.25) is 0 Å². The van der Waals surface area contributed by atoms with Crippen molar-refractivity contribution < 1.29 is 18.4 Å². The molecular formula is C11H11FN2O3. The monoisotopic (exact) mass is 238 g/mol. The number of rotatable bonds is 3. The van der Waals surface area contributed by atoms with Gasteiger partial charge in [-0.2, -0.15) is 0 Å². The number of halogens is 1. The highest BCUT2D eigenvalue weighted by Crippen LogP contribution is 2.39. The van der Waals surface area contributed by atoms with Crippen molar-refractivity contribution in [3.63, 3.8) is 0 Å². The summed E-state index contributed by atoms with van der Waals surface area (Å²) in [6, 6.07) is 4.21. The molecule has 0 aliphatic carbocycles. The average molecular weight is 238 g/mol. The molecule has 0 unspecified atom stereocenters. The van der Waals surface area contributed by atoms with Gasteiger partial charge in [0.2, 0.25) is 5.88 Å². The molecule has 0 atom stereocenters. The Hall–Kier alpha value is -2.24. The summed E-state index contributed by atoms with van der Waals surface area (Å²) in [6.07, 6.45) is 0. The fraction of sp³-hybridized carbons (Fsp3) is 0.182. The first kappa shape index (κ1) is 11.3. The highest BCUT2D eigenvalue weighted by molar-refractivity contribution is 5.75. The van der Waals surface area contributed by atoms with Crippen LogP contribution in [-0.4, -0.2) is 19.4 Å². The first-order chi connectivity index (χ1) is 8.17. The lowest BCUT2D eigenvalue weighted by Crippen LogP contribution is -1.96. The van der Waals surface area contributed by atoms with Gasteiger partial charge < -0.3 is 19.7 Å². The van der Waals surface area contributed by atoms with E-state index in [9.17, 15) is 4.39 Å². The number of nitrogens with two attached hydrogens (primary N) is 1. The largest absolute Gasteiger partial charge is 0.496 e. The van der Waals surface area contributed by atoms with Crippen molar-refractivity contribution in [1.82, 2.24) is 5.16 Å². The summed E-state index contributed by atoms with van der Waals surface area (Å²) in [5.41, 5.74) is 6.16. The van der Waals surface area contributed by atoms with Gasteiger partial charge in [-0.15, -0.1) is 0 Å². The van der Waals surface area contributed by atoms with E-state index in [0.717, 1.165) is 0 Å². The molecule has 0 fully saturated rings. The third-order valence-corrected chi connectivity index (χ3v) is 2.28. The minimum Gasteiger partial charge on any atom is -0.496 e. The lowest BCUT2D eigenvalue weighted by molar-refractivity contribution is 0.375. The van der Waals surface area contributed by atoms with Gasteiger partial charge in [-0.1, -0.05) is 5.16 Å². The maximum atomic E-state index is 13.6. The number of anilines is 1. The molecule has 0 amide bonds. The molecule has 6 heteroatoms. The zero-order valence-corrected chi connectivity index (χ0v) is 9.36. The summed E-state index contributed by atoms with van der Waals surface area (Å²) in [7, 11) is 2.84. The lowest BCUT2D eigenvalue weighted by atomic mass is 10.1. The van der Waals surface area contributed by atoms with Gasteiger partial charge >= 0.3 is 0 Å². The SMILES string of the molecule is COc1ccc(F)c(OC)c1-c1cc(N)on1. The molecule has 2 aromatic rings. The predicted octanol–water partition coefficient (Wildman–Crippen LogP) is 2.08. The van der Waals surface area contributed by atoms with Gasteiger partial charge in [-0.25, -0.2) is 4.39 Å². The number of nitrogens with zero attached hydrogens (tertiary/aromatic N) is 1. The Balaban J connectivity index is 2.68. The molecule has 2 rings (SSSR count). The Kier molecular flexibility index (Phi) is 2.86. The number of hydrogen-bond acceptors (Lipinski definition) is 5. The highest BCUT2D eigenvalue weighted by Gasteiger charge is 2.19. The first-order valence-electron chi connectivity index (χ1n) is 4.80. The smallest absolute Gasteiger partial charge is 0.222 e. The van der Waals surface area contributed by atoms with E-state index in [4.69, 9.17) is 19.7 Å². The van der Waals surface area contributed by atoms with Crippen LogP contribution in [0.3, 0.4) is 0 Å². The fourth-order valence-electron chi connectivity index (χ4n) is 1.56. The van der Waals surface area contributed by atoms with Gasteiger partial charge in [-0.05, 0) is 12.1 Å². The molecule has 0 aliphatic heterocycles. The number of methoxy groups -OCH3 is 2. The van der Waals surface area contributed by atoms with E-state index in [0.29, 0.717) is 17.0 Å². The van der Waals surface area contributed by atoms with Crippen molar-refractivity contribution in [2.75, 3.05) is 20.0 Å². The second-order valence-corrected chi connectivity index (χ2v) is 3.27. The Morgan fingerprint density at radius 1 is 1.29 bits per heavy atom. The van der Waals surface area contributed by atoms with Crippen molar-refractivity contribution in [1.29, 1.82) is 0 Å². The quantitative estimate of drug-likeness (QED) is 0.886. The zero-order valence-electron chi connectivity index (χ0n) is 9.36. The standard InChI is InChI=1S/C11H11FN2O3/c1-15-8-4-3-6(12)11(16-2)10(8)7-5-9(13)17-14-7/h3-5H,13H2,1-2H3. The first-order valence-corrected chi connectivity index (χ1v) is 4.80. The number of aromatic nitrogens is 1. The van der Waals surface area contributed by atoms with Crippen molar-refractivity contribution in [3.8, 4) is 22.8 Å². The summed E-state index contributed by atoms with van der Waals surface area (Å²) in [4.78, 5) is 0. The number of hydrogen-bond donors (Lipinski definition) is 1. The molecule has 5 nitrogen and oxygen atoms in total. The van der Waals surface area contributed by atoms with Crippen LogP contribution in [0.1, 0.15) is 0 Å². The summed E-state index contributed by atoms with van der Waals surface area (Å²) < 4.78 is 28.5. The fourth-order valence-corrected chi connectivity index (χ4v) is 1.56. The van der Waals surface area contributed by atoms with Crippen LogP contribution < -0.4 is 15.2 Å². The average Bonchev–Trinajstić information content (AvgIpc) is 2.75. The molecule has 0 radical (unpaired) electrons. The van der Waals surface area contributed by atoms with Gasteiger partial charge in [0, 0.05) is 6.07 Å². The van der Waals surface area contributed by atoms with E-state index in [1.54, 1.807) is 0 Å².